The highest BCUT2D eigenvalue weighted by molar-refractivity contribution is 5.91. The molecule has 2 aromatic rings. The Labute approximate surface area is 157 Å². The van der Waals surface area contributed by atoms with Gasteiger partial charge in [0.1, 0.15) is 0 Å². The number of para-hydroxylation sites is 1. The van der Waals surface area contributed by atoms with Crippen LogP contribution in [0.1, 0.15) is 42.9 Å². The van der Waals surface area contributed by atoms with Crippen molar-refractivity contribution in [3.63, 3.8) is 0 Å². The molecule has 25 heavy (non-hydrogen) atoms. The molecule has 136 valence electrons. The van der Waals surface area contributed by atoms with E-state index in [1.807, 2.05) is 18.2 Å². The molecule has 0 atom stereocenters. The van der Waals surface area contributed by atoms with Crippen molar-refractivity contribution in [2.24, 2.45) is 0 Å². The third kappa shape index (κ3) is 7.72. The second kappa shape index (κ2) is 11.7. The van der Waals surface area contributed by atoms with Crippen molar-refractivity contribution in [2.45, 2.75) is 46.1 Å². The Balaban J connectivity index is 0.00000312. The molecule has 0 heterocycles. The maximum Gasteiger partial charge on any atom is 0.224 e. The molecule has 3 nitrogen and oxygen atoms in total. The second-order valence-corrected chi connectivity index (χ2v) is 6.18. The monoisotopic (exact) mass is 360 g/mol. The van der Waals surface area contributed by atoms with Crippen LogP contribution < -0.4 is 10.6 Å². The number of anilines is 1. The van der Waals surface area contributed by atoms with Gasteiger partial charge in [-0.15, -0.1) is 12.4 Å². The van der Waals surface area contributed by atoms with Crippen molar-refractivity contribution in [3.05, 3.63) is 65.2 Å². The number of nitrogens with one attached hydrogen (secondary N) is 2. The number of rotatable bonds is 9. The Bertz CT molecular complexity index is 641. The summed E-state index contributed by atoms with van der Waals surface area (Å²) in [5, 5.41) is 6.35. The van der Waals surface area contributed by atoms with Crippen LogP contribution in [0, 0.1) is 6.92 Å². The molecule has 0 aliphatic rings. The molecular weight excluding hydrogens is 332 g/mol. The van der Waals surface area contributed by atoms with E-state index in [-0.39, 0.29) is 18.3 Å². The average molecular weight is 361 g/mol. The Morgan fingerprint density at radius 1 is 1.00 bits per heavy atom. The van der Waals surface area contributed by atoms with Gasteiger partial charge in [-0.25, -0.2) is 0 Å². The minimum Gasteiger partial charge on any atom is -0.326 e. The number of carbonyl (C=O) groups excluding carboxylic acids is 1. The minimum atomic E-state index is 0. The van der Waals surface area contributed by atoms with Gasteiger partial charge in [-0.05, 0) is 49.9 Å². The van der Waals surface area contributed by atoms with E-state index in [1.54, 1.807) is 0 Å². The van der Waals surface area contributed by atoms with Crippen LogP contribution in [0.2, 0.25) is 0 Å². The third-order valence-corrected chi connectivity index (χ3v) is 4.10. The molecular formula is C21H29ClN2O. The summed E-state index contributed by atoms with van der Waals surface area (Å²) in [4.78, 5) is 12.2. The summed E-state index contributed by atoms with van der Waals surface area (Å²) in [7, 11) is 0. The summed E-state index contributed by atoms with van der Waals surface area (Å²) in [5.41, 5.74) is 4.68. The van der Waals surface area contributed by atoms with E-state index in [1.165, 1.54) is 11.1 Å². The molecule has 2 N–H and O–H groups in total. The smallest absolute Gasteiger partial charge is 0.224 e. The van der Waals surface area contributed by atoms with Crippen LogP contribution >= 0.6 is 12.4 Å². The van der Waals surface area contributed by atoms with Crippen molar-refractivity contribution in [2.75, 3.05) is 11.9 Å². The highest BCUT2D eigenvalue weighted by Crippen LogP contribution is 2.16. The molecule has 0 aliphatic heterocycles. The zero-order valence-corrected chi connectivity index (χ0v) is 16.0. The highest BCUT2D eigenvalue weighted by atomic mass is 35.5. The standard InChI is InChI=1S/C21H28N2O.ClH/c1-3-22-16-19-9-5-6-10-20(19)23-21(24)11-7-4-8-18-14-12-17(2)13-15-18;/h5-6,9-10,12-15,22H,3-4,7-8,11,16H2,1-2H3,(H,23,24);1H. The number of aryl methyl sites for hydroxylation is 2. The summed E-state index contributed by atoms with van der Waals surface area (Å²) < 4.78 is 0. The van der Waals surface area contributed by atoms with Gasteiger partial charge >= 0.3 is 0 Å². The van der Waals surface area contributed by atoms with Gasteiger partial charge in [0.15, 0.2) is 0 Å². The SMILES string of the molecule is CCNCc1ccccc1NC(=O)CCCCc1ccc(C)cc1.Cl. The van der Waals surface area contributed by atoms with Crippen LogP contribution in [0.5, 0.6) is 0 Å². The van der Waals surface area contributed by atoms with E-state index < -0.39 is 0 Å². The molecule has 0 saturated heterocycles. The summed E-state index contributed by atoms with van der Waals surface area (Å²) >= 11 is 0. The molecule has 0 unspecified atom stereocenters. The Hall–Kier alpha value is -1.84. The lowest BCUT2D eigenvalue weighted by molar-refractivity contribution is -0.116. The normalized spacial score (nSPS) is 10.2. The molecule has 4 heteroatoms. The van der Waals surface area contributed by atoms with Crippen molar-refractivity contribution >= 4 is 24.0 Å². The van der Waals surface area contributed by atoms with Gasteiger partial charge < -0.3 is 10.6 Å². The van der Waals surface area contributed by atoms with Crippen molar-refractivity contribution < 1.29 is 4.79 Å². The van der Waals surface area contributed by atoms with Gasteiger partial charge in [-0.3, -0.25) is 4.79 Å². The summed E-state index contributed by atoms with van der Waals surface area (Å²) in [6, 6.07) is 16.6. The van der Waals surface area contributed by atoms with Gasteiger partial charge in [0.25, 0.3) is 0 Å². The van der Waals surface area contributed by atoms with Crippen LogP contribution in [0.15, 0.2) is 48.5 Å². The maximum atomic E-state index is 12.2. The van der Waals surface area contributed by atoms with Crippen LogP contribution in [0.3, 0.4) is 0 Å². The number of unbranched alkanes of at least 4 members (excludes halogenated alkanes) is 1. The third-order valence-electron chi connectivity index (χ3n) is 4.10. The maximum absolute atomic E-state index is 12.2. The van der Waals surface area contributed by atoms with Crippen LogP contribution in [-0.2, 0) is 17.8 Å². The summed E-state index contributed by atoms with van der Waals surface area (Å²) in [6.45, 7) is 5.87. The van der Waals surface area contributed by atoms with Crippen LogP contribution in [0.25, 0.3) is 0 Å². The molecule has 0 saturated carbocycles. The predicted molar refractivity (Wildman–Crippen MR) is 108 cm³/mol. The fraction of sp³-hybridized carbons (Fsp3) is 0.381. The zero-order chi connectivity index (χ0) is 17.2. The number of halogens is 1. The van der Waals surface area contributed by atoms with Crippen LogP contribution in [-0.4, -0.2) is 12.5 Å². The van der Waals surface area contributed by atoms with E-state index in [9.17, 15) is 4.79 Å². The fourth-order valence-corrected chi connectivity index (χ4v) is 2.64. The fourth-order valence-electron chi connectivity index (χ4n) is 2.64. The first-order chi connectivity index (χ1) is 11.7. The van der Waals surface area contributed by atoms with Gasteiger partial charge in [0, 0.05) is 18.7 Å². The molecule has 2 aromatic carbocycles. The topological polar surface area (TPSA) is 41.1 Å². The largest absolute Gasteiger partial charge is 0.326 e. The number of hydrogen-bond donors (Lipinski definition) is 2. The number of carbonyl (C=O) groups is 1. The molecule has 0 bridgehead atoms. The Kier molecular flexibility index (Phi) is 9.90. The lowest BCUT2D eigenvalue weighted by Crippen LogP contribution is -2.16. The first-order valence-corrected chi connectivity index (χ1v) is 8.83. The Morgan fingerprint density at radius 3 is 2.44 bits per heavy atom. The zero-order valence-electron chi connectivity index (χ0n) is 15.2. The predicted octanol–water partition coefficient (Wildman–Crippen LogP) is 4.88. The van der Waals surface area contributed by atoms with Gasteiger partial charge in [-0.1, -0.05) is 55.0 Å². The lowest BCUT2D eigenvalue weighted by atomic mass is 10.1. The van der Waals surface area contributed by atoms with E-state index in [0.29, 0.717) is 6.42 Å². The van der Waals surface area contributed by atoms with E-state index >= 15 is 0 Å². The molecule has 1 amide bonds. The summed E-state index contributed by atoms with van der Waals surface area (Å²) in [6.07, 6.45) is 3.55. The number of benzene rings is 2. The first kappa shape index (κ1) is 21.2. The lowest BCUT2D eigenvalue weighted by Gasteiger charge is -2.11. The molecule has 2 rings (SSSR count). The minimum absolute atomic E-state index is 0. The quantitative estimate of drug-likeness (QED) is 0.626. The highest BCUT2D eigenvalue weighted by Gasteiger charge is 2.06. The first-order valence-electron chi connectivity index (χ1n) is 8.83. The molecule has 0 fully saturated rings. The number of amides is 1. The molecule has 0 aromatic heterocycles. The average Bonchev–Trinajstić information content (AvgIpc) is 2.59. The van der Waals surface area contributed by atoms with Gasteiger partial charge in [0.05, 0.1) is 0 Å². The van der Waals surface area contributed by atoms with E-state index in [2.05, 4.69) is 54.8 Å². The van der Waals surface area contributed by atoms with Gasteiger partial charge in [-0.2, -0.15) is 0 Å². The Morgan fingerprint density at radius 2 is 1.72 bits per heavy atom. The van der Waals surface area contributed by atoms with Crippen molar-refractivity contribution in [1.29, 1.82) is 0 Å². The van der Waals surface area contributed by atoms with Gasteiger partial charge in [0.2, 0.25) is 5.91 Å². The van der Waals surface area contributed by atoms with Crippen LogP contribution in [0.4, 0.5) is 5.69 Å². The van der Waals surface area contributed by atoms with E-state index in [0.717, 1.165) is 43.6 Å². The number of hydrogen-bond acceptors (Lipinski definition) is 2. The summed E-state index contributed by atoms with van der Waals surface area (Å²) in [5.74, 6) is 0.0999. The van der Waals surface area contributed by atoms with E-state index in [4.69, 9.17) is 0 Å². The van der Waals surface area contributed by atoms with Crippen molar-refractivity contribution in [1.82, 2.24) is 5.32 Å². The van der Waals surface area contributed by atoms with Crippen molar-refractivity contribution in [3.8, 4) is 0 Å². The second-order valence-electron chi connectivity index (χ2n) is 6.18. The molecule has 0 aliphatic carbocycles. The molecule has 0 spiro atoms. The molecule has 0 radical (unpaired) electrons.